The first kappa shape index (κ1) is 20.9. The van der Waals surface area contributed by atoms with Gasteiger partial charge in [0, 0.05) is 45.1 Å². The van der Waals surface area contributed by atoms with Crippen LogP contribution in [0.5, 0.6) is 11.5 Å². The average molecular weight is 400 g/mol. The van der Waals surface area contributed by atoms with Gasteiger partial charge in [-0.05, 0) is 12.1 Å². The van der Waals surface area contributed by atoms with Crippen molar-refractivity contribution in [1.82, 2.24) is 14.6 Å². The summed E-state index contributed by atoms with van der Waals surface area (Å²) in [6, 6.07) is 4.50. The number of piperazine rings is 1. The van der Waals surface area contributed by atoms with Crippen molar-refractivity contribution in [3.63, 3.8) is 0 Å². The first-order valence-corrected chi connectivity index (χ1v) is 9.77. The third-order valence-corrected chi connectivity index (χ3v) is 6.24. The van der Waals surface area contributed by atoms with E-state index in [-0.39, 0.29) is 55.6 Å². The molecule has 11 heteroatoms. The number of nitrogens with one attached hydrogen (secondary N) is 1. The molecule has 2 amide bonds. The van der Waals surface area contributed by atoms with Gasteiger partial charge >= 0.3 is 0 Å². The van der Waals surface area contributed by atoms with Crippen molar-refractivity contribution in [2.45, 2.75) is 17.7 Å². The largest absolute Gasteiger partial charge is 0.497 e. The summed E-state index contributed by atoms with van der Waals surface area (Å²) in [4.78, 5) is 24.8. The maximum atomic E-state index is 12.9. The van der Waals surface area contributed by atoms with Gasteiger partial charge in [-0.1, -0.05) is 0 Å². The van der Waals surface area contributed by atoms with Crippen molar-refractivity contribution in [3.05, 3.63) is 18.2 Å². The van der Waals surface area contributed by atoms with Crippen LogP contribution in [-0.2, 0) is 19.6 Å². The Hall–Kier alpha value is -2.37. The molecule has 1 saturated heterocycles. The molecule has 27 heavy (non-hydrogen) atoms. The van der Waals surface area contributed by atoms with E-state index in [2.05, 4.69) is 0 Å². The standard InChI is InChI=1S/C16H24N4O6S/c1-25-12-3-4-14(13(11-12)26-2)27(23,24)20-9-7-19(8-10-20)16(22)6-5-15(21)18-17/h3-4,11H,5-10,17H2,1-2H3,(H,18,21). The number of hydrogen-bond donors (Lipinski definition) is 2. The topological polar surface area (TPSA) is 131 Å². The van der Waals surface area contributed by atoms with Gasteiger partial charge in [-0.15, -0.1) is 0 Å². The first-order chi connectivity index (χ1) is 12.8. The van der Waals surface area contributed by atoms with Gasteiger partial charge in [0.2, 0.25) is 21.8 Å². The minimum atomic E-state index is -3.77. The molecule has 10 nitrogen and oxygen atoms in total. The molecule has 1 aromatic rings. The Morgan fingerprint density at radius 1 is 1.11 bits per heavy atom. The second-order valence-corrected chi connectivity index (χ2v) is 7.78. The van der Waals surface area contributed by atoms with E-state index in [4.69, 9.17) is 15.3 Å². The lowest BCUT2D eigenvalue weighted by atomic mass is 10.2. The zero-order chi connectivity index (χ0) is 20.0. The number of nitrogens with two attached hydrogens (primary N) is 1. The van der Waals surface area contributed by atoms with Crippen LogP contribution in [0.3, 0.4) is 0 Å². The number of carbonyl (C=O) groups is 2. The van der Waals surface area contributed by atoms with Gasteiger partial charge in [-0.2, -0.15) is 4.31 Å². The lowest BCUT2D eigenvalue weighted by Gasteiger charge is -2.34. The molecule has 0 bridgehead atoms. The molecule has 0 radical (unpaired) electrons. The summed E-state index contributed by atoms with van der Waals surface area (Å²) in [5.41, 5.74) is 1.97. The fraction of sp³-hybridized carbons (Fsp3) is 0.500. The molecule has 1 aliphatic heterocycles. The summed E-state index contributed by atoms with van der Waals surface area (Å²) in [6.07, 6.45) is 0.0268. The monoisotopic (exact) mass is 400 g/mol. The summed E-state index contributed by atoms with van der Waals surface area (Å²) in [5, 5.41) is 0. The van der Waals surface area contributed by atoms with Crippen LogP contribution in [0.15, 0.2) is 23.1 Å². The SMILES string of the molecule is COc1ccc(S(=O)(=O)N2CCN(C(=O)CCC(=O)NN)CC2)c(OC)c1. The molecule has 3 N–H and O–H groups in total. The molecule has 0 aromatic heterocycles. The third kappa shape index (κ3) is 4.87. The van der Waals surface area contributed by atoms with E-state index in [1.165, 1.54) is 30.7 Å². The first-order valence-electron chi connectivity index (χ1n) is 8.33. The zero-order valence-corrected chi connectivity index (χ0v) is 16.1. The molecule has 1 aromatic carbocycles. The van der Waals surface area contributed by atoms with Crippen LogP contribution in [0.25, 0.3) is 0 Å². The van der Waals surface area contributed by atoms with Crippen molar-refractivity contribution in [2.24, 2.45) is 5.84 Å². The number of nitrogens with zero attached hydrogens (tertiary/aromatic N) is 2. The summed E-state index contributed by atoms with van der Waals surface area (Å²) in [7, 11) is -0.901. The fourth-order valence-electron chi connectivity index (χ4n) is 2.76. The Balaban J connectivity index is 2.04. The smallest absolute Gasteiger partial charge is 0.246 e. The van der Waals surface area contributed by atoms with E-state index in [0.717, 1.165) is 0 Å². The van der Waals surface area contributed by atoms with Gasteiger partial charge in [-0.3, -0.25) is 15.0 Å². The van der Waals surface area contributed by atoms with Gasteiger partial charge < -0.3 is 14.4 Å². The number of hydrazine groups is 1. The van der Waals surface area contributed by atoms with Crippen molar-refractivity contribution in [1.29, 1.82) is 0 Å². The van der Waals surface area contributed by atoms with Gasteiger partial charge in [0.1, 0.15) is 16.4 Å². The fourth-order valence-corrected chi connectivity index (χ4v) is 4.31. The number of benzene rings is 1. The number of amides is 2. The zero-order valence-electron chi connectivity index (χ0n) is 15.3. The Morgan fingerprint density at radius 2 is 1.78 bits per heavy atom. The summed E-state index contributed by atoms with van der Waals surface area (Å²) in [5.74, 6) is 5.04. The Kier molecular flexibility index (Phi) is 6.99. The van der Waals surface area contributed by atoms with E-state index < -0.39 is 15.9 Å². The molecule has 0 unspecified atom stereocenters. The van der Waals surface area contributed by atoms with Crippen LogP contribution in [0.4, 0.5) is 0 Å². The Bertz CT molecular complexity index is 790. The Morgan fingerprint density at radius 3 is 2.33 bits per heavy atom. The normalized spacial score (nSPS) is 15.3. The lowest BCUT2D eigenvalue weighted by molar-refractivity contribution is -0.134. The summed E-state index contributed by atoms with van der Waals surface area (Å²) in [6.45, 7) is 0.820. The van der Waals surface area contributed by atoms with Gasteiger partial charge in [0.05, 0.1) is 14.2 Å². The third-order valence-electron chi connectivity index (χ3n) is 4.31. The van der Waals surface area contributed by atoms with Crippen LogP contribution in [0.1, 0.15) is 12.8 Å². The number of rotatable bonds is 7. The second kappa shape index (κ2) is 9.02. The van der Waals surface area contributed by atoms with Crippen LogP contribution in [-0.4, -0.2) is 69.8 Å². The van der Waals surface area contributed by atoms with E-state index in [1.807, 2.05) is 5.43 Å². The highest BCUT2D eigenvalue weighted by Gasteiger charge is 2.32. The molecule has 0 atom stereocenters. The maximum Gasteiger partial charge on any atom is 0.246 e. The number of carbonyl (C=O) groups excluding carboxylic acids is 2. The molecule has 150 valence electrons. The predicted molar refractivity (Wildman–Crippen MR) is 96.4 cm³/mol. The van der Waals surface area contributed by atoms with E-state index >= 15 is 0 Å². The molecule has 1 fully saturated rings. The molecular weight excluding hydrogens is 376 g/mol. The highest BCUT2D eigenvalue weighted by molar-refractivity contribution is 7.89. The van der Waals surface area contributed by atoms with Gasteiger partial charge in [-0.25, -0.2) is 14.3 Å². The van der Waals surface area contributed by atoms with Crippen molar-refractivity contribution in [3.8, 4) is 11.5 Å². The van der Waals surface area contributed by atoms with Gasteiger partial charge in [0.25, 0.3) is 0 Å². The number of ether oxygens (including phenoxy) is 2. The Labute approximate surface area is 158 Å². The number of hydrogen-bond acceptors (Lipinski definition) is 7. The van der Waals surface area contributed by atoms with Crippen molar-refractivity contribution in [2.75, 3.05) is 40.4 Å². The van der Waals surface area contributed by atoms with Gasteiger partial charge in [0.15, 0.2) is 0 Å². The highest BCUT2D eigenvalue weighted by Crippen LogP contribution is 2.31. The maximum absolute atomic E-state index is 12.9. The minimum Gasteiger partial charge on any atom is -0.497 e. The van der Waals surface area contributed by atoms with Crippen molar-refractivity contribution >= 4 is 21.8 Å². The average Bonchev–Trinajstić information content (AvgIpc) is 2.71. The van der Waals surface area contributed by atoms with Crippen LogP contribution in [0, 0.1) is 0 Å². The molecule has 2 rings (SSSR count). The highest BCUT2D eigenvalue weighted by atomic mass is 32.2. The molecular formula is C16H24N4O6S. The molecule has 0 saturated carbocycles. The minimum absolute atomic E-state index is 0.00308. The van der Waals surface area contributed by atoms with E-state index in [0.29, 0.717) is 5.75 Å². The van der Waals surface area contributed by atoms with E-state index in [1.54, 1.807) is 11.0 Å². The second-order valence-electron chi connectivity index (χ2n) is 5.87. The van der Waals surface area contributed by atoms with Crippen LogP contribution >= 0.6 is 0 Å². The van der Waals surface area contributed by atoms with E-state index in [9.17, 15) is 18.0 Å². The molecule has 1 aliphatic rings. The predicted octanol–water partition coefficient (Wildman–Crippen LogP) is -0.693. The number of methoxy groups -OCH3 is 2. The number of sulfonamides is 1. The van der Waals surface area contributed by atoms with Crippen LogP contribution < -0.4 is 20.7 Å². The van der Waals surface area contributed by atoms with Crippen molar-refractivity contribution < 1.29 is 27.5 Å². The summed E-state index contributed by atoms with van der Waals surface area (Å²) >= 11 is 0. The lowest BCUT2D eigenvalue weighted by Crippen LogP contribution is -2.50. The van der Waals surface area contributed by atoms with Crippen LogP contribution in [0.2, 0.25) is 0 Å². The molecule has 1 heterocycles. The quantitative estimate of drug-likeness (QED) is 0.352. The summed E-state index contributed by atoms with van der Waals surface area (Å²) < 4.78 is 37.5. The molecule has 0 spiro atoms. The molecule has 0 aliphatic carbocycles.